The number of hydrogen-bond acceptors (Lipinski definition) is 1. The largest absolute Gasteiger partial charge is 0.507 e. The van der Waals surface area contributed by atoms with Gasteiger partial charge in [0.15, 0.2) is 0 Å². The zero-order chi connectivity index (χ0) is 18.4. The Balaban J connectivity index is 3.82. The van der Waals surface area contributed by atoms with E-state index in [2.05, 4.69) is 0 Å². The molecule has 0 aliphatic rings. The SMILES string of the molecule is CC(C)c1cc(C(F)(C(F)(F)F)C(F)(F)F)cc(C(C)C)c1O. The van der Waals surface area contributed by atoms with Crippen molar-refractivity contribution in [3.63, 3.8) is 0 Å². The van der Waals surface area contributed by atoms with Gasteiger partial charge in [-0.25, -0.2) is 4.39 Å². The first kappa shape index (κ1) is 19.6. The number of benzene rings is 1. The van der Waals surface area contributed by atoms with E-state index < -0.39 is 41.2 Å². The van der Waals surface area contributed by atoms with E-state index in [-0.39, 0.29) is 11.1 Å². The molecule has 0 saturated carbocycles. The van der Waals surface area contributed by atoms with Crippen LogP contribution in [0.2, 0.25) is 0 Å². The van der Waals surface area contributed by atoms with E-state index >= 15 is 0 Å². The molecule has 0 atom stereocenters. The van der Waals surface area contributed by atoms with E-state index in [1.165, 1.54) is 27.7 Å². The molecular weight excluding hydrogens is 329 g/mol. The van der Waals surface area contributed by atoms with Gasteiger partial charge >= 0.3 is 18.0 Å². The van der Waals surface area contributed by atoms with Crippen LogP contribution in [0.5, 0.6) is 5.75 Å². The smallest absolute Gasteiger partial charge is 0.435 e. The van der Waals surface area contributed by atoms with Crippen molar-refractivity contribution in [2.24, 2.45) is 0 Å². The number of phenolic OH excluding ortho intramolecular Hbond substituents is 1. The molecule has 132 valence electrons. The Morgan fingerprint density at radius 3 is 1.26 bits per heavy atom. The molecule has 0 amide bonds. The lowest BCUT2D eigenvalue weighted by Gasteiger charge is -2.31. The molecule has 0 radical (unpaired) electrons. The highest BCUT2D eigenvalue weighted by Gasteiger charge is 2.73. The molecule has 8 heteroatoms. The van der Waals surface area contributed by atoms with Crippen LogP contribution in [0.1, 0.15) is 56.2 Å². The van der Waals surface area contributed by atoms with Crippen LogP contribution in [-0.4, -0.2) is 17.5 Å². The highest BCUT2D eigenvalue weighted by Crippen LogP contribution is 2.54. The van der Waals surface area contributed by atoms with Gasteiger partial charge in [0.1, 0.15) is 5.75 Å². The fourth-order valence-corrected chi connectivity index (χ4v) is 2.25. The summed E-state index contributed by atoms with van der Waals surface area (Å²) in [5, 5.41) is 10.0. The van der Waals surface area contributed by atoms with Crippen LogP contribution >= 0.6 is 0 Å². The third-order valence-electron chi connectivity index (χ3n) is 3.59. The van der Waals surface area contributed by atoms with Gasteiger partial charge in [0.05, 0.1) is 0 Å². The third-order valence-corrected chi connectivity index (χ3v) is 3.59. The van der Waals surface area contributed by atoms with Crippen LogP contribution < -0.4 is 0 Å². The van der Waals surface area contributed by atoms with Gasteiger partial charge in [0, 0.05) is 5.56 Å². The molecule has 1 rings (SSSR count). The first-order chi connectivity index (χ1) is 10.1. The molecule has 0 aromatic heterocycles. The molecule has 0 bridgehead atoms. The third kappa shape index (κ3) is 3.26. The molecule has 0 aliphatic heterocycles. The molecule has 0 aliphatic carbocycles. The van der Waals surface area contributed by atoms with Gasteiger partial charge in [0.2, 0.25) is 0 Å². The summed E-state index contributed by atoms with van der Waals surface area (Å²) in [6.07, 6.45) is -12.4. The quantitative estimate of drug-likeness (QED) is 0.673. The van der Waals surface area contributed by atoms with Crippen molar-refractivity contribution in [1.82, 2.24) is 0 Å². The minimum atomic E-state index is -6.18. The maximum absolute atomic E-state index is 14.2. The van der Waals surface area contributed by atoms with Crippen LogP contribution in [0.25, 0.3) is 0 Å². The van der Waals surface area contributed by atoms with Crippen molar-refractivity contribution >= 4 is 0 Å². The van der Waals surface area contributed by atoms with E-state index in [1.807, 2.05) is 0 Å². The van der Waals surface area contributed by atoms with Gasteiger partial charge in [0.25, 0.3) is 0 Å². The number of hydrogen-bond donors (Lipinski definition) is 1. The van der Waals surface area contributed by atoms with Crippen LogP contribution in [-0.2, 0) is 5.67 Å². The van der Waals surface area contributed by atoms with Gasteiger partial charge in [-0.05, 0) is 35.1 Å². The fraction of sp³-hybridized carbons (Fsp3) is 0.600. The van der Waals surface area contributed by atoms with Crippen LogP contribution in [0.4, 0.5) is 30.7 Å². The molecule has 0 saturated heterocycles. The predicted molar refractivity (Wildman–Crippen MR) is 71.2 cm³/mol. The zero-order valence-corrected chi connectivity index (χ0v) is 12.9. The average molecular weight is 346 g/mol. The van der Waals surface area contributed by atoms with E-state index in [0.29, 0.717) is 12.1 Å². The predicted octanol–water partition coefficient (Wildman–Crippen LogP) is 5.93. The summed E-state index contributed by atoms with van der Waals surface area (Å²) in [5.41, 5.74) is -7.40. The van der Waals surface area contributed by atoms with Gasteiger partial charge in [-0.2, -0.15) is 26.3 Å². The minimum Gasteiger partial charge on any atom is -0.507 e. The van der Waals surface area contributed by atoms with Crippen molar-refractivity contribution in [3.8, 4) is 5.75 Å². The Hall–Kier alpha value is -1.47. The van der Waals surface area contributed by atoms with Gasteiger partial charge in [-0.3, -0.25) is 0 Å². The van der Waals surface area contributed by atoms with E-state index in [1.54, 1.807) is 0 Å². The molecule has 23 heavy (non-hydrogen) atoms. The number of rotatable bonds is 3. The maximum Gasteiger partial charge on any atom is 0.435 e. The van der Waals surface area contributed by atoms with Crippen LogP contribution in [0, 0.1) is 0 Å². The number of phenols is 1. The fourth-order valence-electron chi connectivity index (χ4n) is 2.25. The Labute approximate surface area is 129 Å². The summed E-state index contributed by atoms with van der Waals surface area (Å²) in [7, 11) is 0. The molecule has 1 aromatic carbocycles. The van der Waals surface area contributed by atoms with Crippen molar-refractivity contribution in [1.29, 1.82) is 0 Å². The second-order valence-corrected chi connectivity index (χ2v) is 5.97. The summed E-state index contributed by atoms with van der Waals surface area (Å²) in [5.74, 6) is -1.58. The lowest BCUT2D eigenvalue weighted by atomic mass is 9.85. The summed E-state index contributed by atoms with van der Waals surface area (Å²) in [4.78, 5) is 0. The van der Waals surface area contributed by atoms with Gasteiger partial charge in [-0.1, -0.05) is 27.7 Å². The van der Waals surface area contributed by atoms with E-state index in [0.717, 1.165) is 0 Å². The van der Waals surface area contributed by atoms with Crippen LogP contribution in [0.15, 0.2) is 12.1 Å². The monoisotopic (exact) mass is 346 g/mol. The molecule has 1 N–H and O–H groups in total. The second kappa shape index (κ2) is 5.87. The summed E-state index contributed by atoms with van der Waals surface area (Å²) < 4.78 is 91.6. The van der Waals surface area contributed by atoms with Gasteiger partial charge in [-0.15, -0.1) is 0 Å². The zero-order valence-electron chi connectivity index (χ0n) is 12.9. The standard InChI is InChI=1S/C15H17F7O/c1-7(2)10-5-9(6-11(8(3)4)12(10)23)13(16,14(17,18)19)15(20,21)22/h5-8,23H,1-4H3. The van der Waals surface area contributed by atoms with Crippen molar-refractivity contribution in [3.05, 3.63) is 28.8 Å². The molecule has 0 spiro atoms. The topological polar surface area (TPSA) is 20.2 Å². The second-order valence-electron chi connectivity index (χ2n) is 5.97. The molecular formula is C15H17F7O. The highest BCUT2D eigenvalue weighted by atomic mass is 19.4. The van der Waals surface area contributed by atoms with Crippen molar-refractivity contribution < 1.29 is 35.8 Å². The number of aromatic hydroxyl groups is 1. The first-order valence-corrected chi connectivity index (χ1v) is 6.84. The molecule has 1 aromatic rings. The Kier molecular flexibility index (Phi) is 4.99. The minimum absolute atomic E-state index is 0.165. The summed E-state index contributed by atoms with van der Waals surface area (Å²) >= 11 is 0. The van der Waals surface area contributed by atoms with E-state index in [4.69, 9.17) is 0 Å². The van der Waals surface area contributed by atoms with Gasteiger partial charge < -0.3 is 5.11 Å². The first-order valence-electron chi connectivity index (χ1n) is 6.84. The number of halogens is 7. The summed E-state index contributed by atoms with van der Waals surface area (Å²) in [6, 6.07) is 0.875. The van der Waals surface area contributed by atoms with E-state index in [9.17, 15) is 35.8 Å². The van der Waals surface area contributed by atoms with Crippen molar-refractivity contribution in [2.75, 3.05) is 0 Å². The summed E-state index contributed by atoms with van der Waals surface area (Å²) in [6.45, 7) is 5.90. The molecule has 1 nitrogen and oxygen atoms in total. The Bertz CT molecular complexity index is 527. The Morgan fingerprint density at radius 2 is 1.04 bits per heavy atom. The maximum atomic E-state index is 14.2. The lowest BCUT2D eigenvalue weighted by Crippen LogP contribution is -2.50. The number of alkyl halides is 7. The molecule has 0 fully saturated rings. The Morgan fingerprint density at radius 1 is 0.739 bits per heavy atom. The molecule has 0 heterocycles. The average Bonchev–Trinajstić information content (AvgIpc) is 2.34. The lowest BCUT2D eigenvalue weighted by molar-refractivity contribution is -0.348. The normalized spacial score (nSPS) is 14.0. The highest BCUT2D eigenvalue weighted by molar-refractivity contribution is 5.49. The van der Waals surface area contributed by atoms with Crippen molar-refractivity contribution in [2.45, 2.75) is 57.6 Å². The van der Waals surface area contributed by atoms with Crippen LogP contribution in [0.3, 0.4) is 0 Å². The molecule has 0 unspecified atom stereocenters.